The first-order chi connectivity index (χ1) is 7.50. The van der Waals surface area contributed by atoms with Gasteiger partial charge in [0, 0.05) is 24.3 Å². The van der Waals surface area contributed by atoms with Crippen LogP contribution in [0.3, 0.4) is 0 Å². The van der Waals surface area contributed by atoms with Crippen LogP contribution < -0.4 is 10.6 Å². The molecule has 0 aromatic carbocycles. The molecule has 3 heteroatoms. The van der Waals surface area contributed by atoms with Crippen LogP contribution in [0.25, 0.3) is 0 Å². The summed E-state index contributed by atoms with van der Waals surface area (Å²) in [4.78, 5) is 6.86. The molecule has 0 saturated carbocycles. The van der Waals surface area contributed by atoms with Crippen LogP contribution in [0, 0.1) is 0 Å². The molecule has 0 radical (unpaired) electrons. The Morgan fingerprint density at radius 3 is 2.81 bits per heavy atom. The quantitative estimate of drug-likeness (QED) is 0.831. The zero-order chi connectivity index (χ0) is 11.8. The highest BCUT2D eigenvalue weighted by atomic mass is 15.3. The van der Waals surface area contributed by atoms with E-state index in [1.54, 1.807) is 0 Å². The van der Waals surface area contributed by atoms with Gasteiger partial charge in [0.2, 0.25) is 0 Å². The van der Waals surface area contributed by atoms with E-state index in [4.69, 9.17) is 5.73 Å². The van der Waals surface area contributed by atoms with Crippen molar-refractivity contribution in [2.45, 2.75) is 45.2 Å². The summed E-state index contributed by atoms with van der Waals surface area (Å²) in [5.74, 6) is 1.07. The molecule has 0 amide bonds. The van der Waals surface area contributed by atoms with Gasteiger partial charge in [-0.3, -0.25) is 0 Å². The van der Waals surface area contributed by atoms with Crippen LogP contribution in [0.4, 0.5) is 5.82 Å². The number of nitrogens with two attached hydrogens (primary N) is 1. The molecule has 2 N–H and O–H groups in total. The van der Waals surface area contributed by atoms with Crippen LogP contribution in [-0.4, -0.2) is 17.1 Å². The largest absolute Gasteiger partial charge is 0.351 e. The Morgan fingerprint density at radius 1 is 1.50 bits per heavy atom. The van der Waals surface area contributed by atoms with Crippen LogP contribution >= 0.6 is 0 Å². The van der Waals surface area contributed by atoms with Crippen LogP contribution in [0.5, 0.6) is 0 Å². The topological polar surface area (TPSA) is 42.1 Å². The maximum atomic E-state index is 5.90. The van der Waals surface area contributed by atoms with Crippen molar-refractivity contribution >= 4 is 5.82 Å². The highest BCUT2D eigenvalue weighted by Crippen LogP contribution is 2.32. The third-order valence-corrected chi connectivity index (χ3v) is 3.47. The predicted octanol–water partition coefficient (Wildman–Crippen LogP) is 2.48. The second-order valence-corrected chi connectivity index (χ2v) is 5.30. The molecule has 2 heterocycles. The second-order valence-electron chi connectivity index (χ2n) is 5.30. The van der Waals surface area contributed by atoms with Crippen molar-refractivity contribution in [3.63, 3.8) is 0 Å². The Bertz CT molecular complexity index is 371. The van der Waals surface area contributed by atoms with E-state index in [1.807, 2.05) is 19.2 Å². The minimum absolute atomic E-state index is 0.0764. The van der Waals surface area contributed by atoms with Gasteiger partial charge in [-0.2, -0.15) is 0 Å². The minimum atomic E-state index is 0.0764. The van der Waals surface area contributed by atoms with Crippen molar-refractivity contribution in [1.82, 2.24) is 4.98 Å². The van der Waals surface area contributed by atoms with E-state index in [0.717, 1.165) is 17.9 Å². The molecule has 1 aliphatic rings. The average molecular weight is 219 g/mol. The molecule has 16 heavy (non-hydrogen) atoms. The first-order valence-corrected chi connectivity index (χ1v) is 6.00. The van der Waals surface area contributed by atoms with Crippen molar-refractivity contribution in [3.05, 3.63) is 23.9 Å². The summed E-state index contributed by atoms with van der Waals surface area (Å²) in [5, 5.41) is 0. The number of rotatable bonds is 2. The van der Waals surface area contributed by atoms with Gasteiger partial charge < -0.3 is 10.6 Å². The third-order valence-electron chi connectivity index (χ3n) is 3.47. The average Bonchev–Trinajstić information content (AvgIpc) is 2.58. The molecule has 1 fully saturated rings. The molecule has 0 bridgehead atoms. The number of hydrogen-bond donors (Lipinski definition) is 1. The SMILES string of the molecule is C[C@H](N)c1ccnc(N2CCCC2(C)C)c1. The van der Waals surface area contributed by atoms with Gasteiger partial charge in [-0.05, 0) is 51.3 Å². The second kappa shape index (κ2) is 4.06. The molecule has 1 aromatic heterocycles. The van der Waals surface area contributed by atoms with Crippen molar-refractivity contribution < 1.29 is 0 Å². The van der Waals surface area contributed by atoms with Crippen LogP contribution in [0.15, 0.2) is 18.3 Å². The fourth-order valence-corrected chi connectivity index (χ4v) is 2.40. The van der Waals surface area contributed by atoms with Gasteiger partial charge in [0.25, 0.3) is 0 Å². The molecular formula is C13H21N3. The summed E-state index contributed by atoms with van der Waals surface area (Å²) in [6.07, 6.45) is 4.34. The molecule has 1 saturated heterocycles. The van der Waals surface area contributed by atoms with Crippen molar-refractivity contribution in [1.29, 1.82) is 0 Å². The molecule has 3 nitrogen and oxygen atoms in total. The minimum Gasteiger partial charge on any atom is -0.351 e. The van der Waals surface area contributed by atoms with E-state index in [1.165, 1.54) is 12.8 Å². The zero-order valence-electron chi connectivity index (χ0n) is 10.4. The van der Waals surface area contributed by atoms with Gasteiger partial charge >= 0.3 is 0 Å². The smallest absolute Gasteiger partial charge is 0.129 e. The third kappa shape index (κ3) is 2.05. The standard InChI is InChI=1S/C13H21N3/c1-10(14)11-5-7-15-12(9-11)16-8-4-6-13(16,2)3/h5,7,9-10H,4,6,8,14H2,1-3H3/t10-/m0/s1. The summed E-state index contributed by atoms with van der Waals surface area (Å²) < 4.78 is 0. The maximum absolute atomic E-state index is 5.90. The number of pyridine rings is 1. The van der Waals surface area contributed by atoms with Crippen molar-refractivity contribution in [2.75, 3.05) is 11.4 Å². The van der Waals surface area contributed by atoms with E-state index in [2.05, 4.69) is 29.8 Å². The Balaban J connectivity index is 2.30. The van der Waals surface area contributed by atoms with E-state index in [9.17, 15) is 0 Å². The number of aromatic nitrogens is 1. The number of nitrogens with zero attached hydrogens (tertiary/aromatic N) is 2. The van der Waals surface area contributed by atoms with E-state index >= 15 is 0 Å². The van der Waals surface area contributed by atoms with Crippen LogP contribution in [-0.2, 0) is 0 Å². The zero-order valence-corrected chi connectivity index (χ0v) is 10.4. The first-order valence-electron chi connectivity index (χ1n) is 6.00. The van der Waals surface area contributed by atoms with E-state index in [-0.39, 0.29) is 11.6 Å². The molecular weight excluding hydrogens is 198 g/mol. The molecule has 1 aliphatic heterocycles. The van der Waals surface area contributed by atoms with Crippen molar-refractivity contribution in [2.24, 2.45) is 5.73 Å². The molecule has 1 atom stereocenters. The molecule has 0 aliphatic carbocycles. The molecule has 2 rings (SSSR count). The summed E-state index contributed by atoms with van der Waals surface area (Å²) in [6, 6.07) is 4.20. The Hall–Kier alpha value is -1.09. The summed E-state index contributed by atoms with van der Waals surface area (Å²) in [7, 11) is 0. The number of hydrogen-bond acceptors (Lipinski definition) is 3. The molecule has 1 aromatic rings. The van der Waals surface area contributed by atoms with Crippen LogP contribution in [0.2, 0.25) is 0 Å². The molecule has 0 spiro atoms. The van der Waals surface area contributed by atoms with Gasteiger partial charge in [0.15, 0.2) is 0 Å². The summed E-state index contributed by atoms with van der Waals surface area (Å²) in [6.45, 7) is 7.66. The van der Waals surface area contributed by atoms with Crippen molar-refractivity contribution in [3.8, 4) is 0 Å². The number of anilines is 1. The Kier molecular flexibility index (Phi) is 2.89. The fourth-order valence-electron chi connectivity index (χ4n) is 2.40. The van der Waals surface area contributed by atoms with E-state index in [0.29, 0.717) is 0 Å². The molecule has 88 valence electrons. The normalized spacial score (nSPS) is 21.1. The van der Waals surface area contributed by atoms with E-state index < -0.39 is 0 Å². The van der Waals surface area contributed by atoms with Gasteiger partial charge in [0.05, 0.1) is 0 Å². The fraction of sp³-hybridized carbons (Fsp3) is 0.615. The lowest BCUT2D eigenvalue weighted by atomic mass is 10.0. The van der Waals surface area contributed by atoms with Gasteiger partial charge in [-0.25, -0.2) is 4.98 Å². The van der Waals surface area contributed by atoms with Crippen LogP contribution in [0.1, 0.15) is 45.2 Å². The molecule has 0 unspecified atom stereocenters. The lowest BCUT2D eigenvalue weighted by molar-refractivity contribution is 0.514. The lowest BCUT2D eigenvalue weighted by Gasteiger charge is -2.33. The first kappa shape index (κ1) is 11.4. The lowest BCUT2D eigenvalue weighted by Crippen LogP contribution is -2.38. The summed E-state index contributed by atoms with van der Waals surface area (Å²) >= 11 is 0. The van der Waals surface area contributed by atoms with Gasteiger partial charge in [-0.15, -0.1) is 0 Å². The Morgan fingerprint density at radius 2 is 2.25 bits per heavy atom. The maximum Gasteiger partial charge on any atom is 0.129 e. The van der Waals surface area contributed by atoms with Gasteiger partial charge in [-0.1, -0.05) is 0 Å². The summed E-state index contributed by atoms with van der Waals surface area (Å²) in [5.41, 5.74) is 7.29. The monoisotopic (exact) mass is 219 g/mol. The Labute approximate surface area is 97.7 Å². The highest BCUT2D eigenvalue weighted by Gasteiger charge is 2.32. The van der Waals surface area contributed by atoms with Gasteiger partial charge in [0.1, 0.15) is 5.82 Å². The predicted molar refractivity (Wildman–Crippen MR) is 67.5 cm³/mol. The highest BCUT2D eigenvalue weighted by molar-refractivity contribution is 5.45.